The predicted octanol–water partition coefficient (Wildman–Crippen LogP) is 6.00. The number of rotatable bonds is 10. The maximum Gasteiger partial charge on any atom is 0.322 e. The highest BCUT2D eigenvalue weighted by atomic mass is 32.1. The van der Waals surface area contributed by atoms with Crippen molar-refractivity contribution in [3.05, 3.63) is 88.4 Å². The van der Waals surface area contributed by atoms with Crippen molar-refractivity contribution >= 4 is 29.0 Å². The number of hydrogen-bond acceptors (Lipinski definition) is 3. The third-order valence-electron chi connectivity index (χ3n) is 5.41. The molecule has 0 fully saturated rings. The number of amides is 3. The van der Waals surface area contributed by atoms with Gasteiger partial charge in [-0.3, -0.25) is 4.79 Å². The first kappa shape index (κ1) is 24.5. The lowest BCUT2D eigenvalue weighted by Crippen LogP contribution is -2.45. The quantitative estimate of drug-likeness (QED) is 0.398. The molecule has 7 heteroatoms. The van der Waals surface area contributed by atoms with Gasteiger partial charge in [-0.2, -0.15) is 0 Å². The number of halogens is 1. The van der Waals surface area contributed by atoms with Gasteiger partial charge in [0.15, 0.2) is 0 Å². The summed E-state index contributed by atoms with van der Waals surface area (Å²) in [7, 11) is 0. The van der Waals surface area contributed by atoms with E-state index in [1.807, 2.05) is 61.7 Å². The number of urea groups is 1. The van der Waals surface area contributed by atoms with Crippen LogP contribution in [0.2, 0.25) is 0 Å². The third-order valence-corrected chi connectivity index (χ3v) is 6.28. The normalized spacial score (nSPS) is 11.6. The lowest BCUT2D eigenvalue weighted by molar-refractivity contribution is -0.133. The Morgan fingerprint density at radius 2 is 1.79 bits per heavy atom. The van der Waals surface area contributed by atoms with Gasteiger partial charge in [0.05, 0.1) is 6.54 Å². The SMILES string of the molecule is CCC(C)CN(CC(=O)N(Cc1ccccc1)Cc1cccs1)C(=O)Nc1cccc(F)c1. The van der Waals surface area contributed by atoms with E-state index in [0.29, 0.717) is 25.3 Å². The summed E-state index contributed by atoms with van der Waals surface area (Å²) in [5.41, 5.74) is 1.39. The van der Waals surface area contributed by atoms with E-state index < -0.39 is 11.8 Å². The Labute approximate surface area is 198 Å². The second kappa shape index (κ2) is 12.2. The zero-order valence-corrected chi connectivity index (χ0v) is 19.9. The number of nitrogens with zero attached hydrogens (tertiary/aromatic N) is 2. The van der Waals surface area contributed by atoms with Crippen LogP contribution in [0, 0.1) is 11.7 Å². The van der Waals surface area contributed by atoms with Crippen LogP contribution in [0.1, 0.15) is 30.7 Å². The number of carbonyl (C=O) groups excluding carboxylic acids is 2. The fourth-order valence-electron chi connectivity index (χ4n) is 3.38. The maximum absolute atomic E-state index is 13.6. The number of thiophene rings is 1. The highest BCUT2D eigenvalue weighted by molar-refractivity contribution is 7.09. The highest BCUT2D eigenvalue weighted by Crippen LogP contribution is 2.17. The summed E-state index contributed by atoms with van der Waals surface area (Å²) in [5, 5.41) is 4.72. The number of benzene rings is 2. The van der Waals surface area contributed by atoms with Crippen LogP contribution >= 0.6 is 11.3 Å². The topological polar surface area (TPSA) is 52.7 Å². The zero-order chi connectivity index (χ0) is 23.6. The van der Waals surface area contributed by atoms with Gasteiger partial charge in [-0.25, -0.2) is 9.18 Å². The molecule has 5 nitrogen and oxygen atoms in total. The molecule has 1 unspecified atom stereocenters. The Hall–Kier alpha value is -3.19. The minimum atomic E-state index is -0.428. The zero-order valence-electron chi connectivity index (χ0n) is 19.0. The standard InChI is InChI=1S/C26H30FN3O2S/c1-3-20(2)16-30(26(32)28-23-12-7-11-22(27)15-23)19-25(31)29(18-24-13-8-14-33-24)17-21-9-5-4-6-10-21/h4-15,20H,3,16-19H2,1-2H3,(H,28,32). The van der Waals surface area contributed by atoms with Gasteiger partial charge < -0.3 is 15.1 Å². The van der Waals surface area contributed by atoms with E-state index in [1.54, 1.807) is 22.3 Å². The van der Waals surface area contributed by atoms with Crippen LogP contribution in [0.25, 0.3) is 0 Å². The van der Waals surface area contributed by atoms with E-state index in [4.69, 9.17) is 0 Å². The Morgan fingerprint density at radius 1 is 1.00 bits per heavy atom. The van der Waals surface area contributed by atoms with Crippen molar-refractivity contribution in [2.24, 2.45) is 5.92 Å². The summed E-state index contributed by atoms with van der Waals surface area (Å²) < 4.78 is 13.6. The van der Waals surface area contributed by atoms with E-state index in [-0.39, 0.29) is 18.4 Å². The van der Waals surface area contributed by atoms with Gasteiger partial charge in [-0.15, -0.1) is 11.3 Å². The molecule has 1 heterocycles. The highest BCUT2D eigenvalue weighted by Gasteiger charge is 2.23. The van der Waals surface area contributed by atoms with Gasteiger partial charge in [-0.05, 0) is 41.1 Å². The van der Waals surface area contributed by atoms with Crippen LogP contribution in [0.5, 0.6) is 0 Å². The summed E-state index contributed by atoms with van der Waals surface area (Å²) >= 11 is 1.60. The number of nitrogens with one attached hydrogen (secondary N) is 1. The van der Waals surface area contributed by atoms with E-state index in [2.05, 4.69) is 5.32 Å². The number of hydrogen-bond donors (Lipinski definition) is 1. The molecular weight excluding hydrogens is 437 g/mol. The largest absolute Gasteiger partial charge is 0.332 e. The molecule has 0 saturated heterocycles. The molecule has 2 aromatic carbocycles. The average molecular weight is 468 g/mol. The van der Waals surface area contributed by atoms with Crippen LogP contribution in [0.4, 0.5) is 14.9 Å². The van der Waals surface area contributed by atoms with Crippen molar-refractivity contribution < 1.29 is 14.0 Å². The predicted molar refractivity (Wildman–Crippen MR) is 131 cm³/mol. The lowest BCUT2D eigenvalue weighted by Gasteiger charge is -2.29. The van der Waals surface area contributed by atoms with E-state index >= 15 is 0 Å². The van der Waals surface area contributed by atoms with E-state index in [0.717, 1.165) is 16.9 Å². The molecule has 1 N–H and O–H groups in total. The number of anilines is 1. The molecule has 1 aromatic heterocycles. The second-order valence-electron chi connectivity index (χ2n) is 8.15. The van der Waals surface area contributed by atoms with Gasteiger partial charge >= 0.3 is 6.03 Å². The Balaban J connectivity index is 1.76. The summed E-state index contributed by atoms with van der Waals surface area (Å²) in [6.07, 6.45) is 0.876. The lowest BCUT2D eigenvalue weighted by atomic mass is 10.1. The molecule has 3 rings (SSSR count). The molecular formula is C26H30FN3O2S. The molecule has 3 aromatic rings. The van der Waals surface area contributed by atoms with Crippen LogP contribution in [-0.2, 0) is 17.9 Å². The first-order valence-electron chi connectivity index (χ1n) is 11.1. The van der Waals surface area contributed by atoms with Crippen molar-refractivity contribution in [1.29, 1.82) is 0 Å². The maximum atomic E-state index is 13.6. The summed E-state index contributed by atoms with van der Waals surface area (Å²) in [4.78, 5) is 30.8. The second-order valence-corrected chi connectivity index (χ2v) is 9.18. The molecule has 1 atom stereocenters. The molecule has 0 saturated carbocycles. The first-order valence-corrected chi connectivity index (χ1v) is 12.0. The minimum Gasteiger partial charge on any atom is -0.332 e. The molecule has 0 spiro atoms. The smallest absolute Gasteiger partial charge is 0.322 e. The van der Waals surface area contributed by atoms with Crippen LogP contribution in [-0.4, -0.2) is 34.8 Å². The van der Waals surface area contributed by atoms with Crippen molar-refractivity contribution in [2.75, 3.05) is 18.4 Å². The van der Waals surface area contributed by atoms with Gasteiger partial charge in [-0.1, -0.05) is 62.7 Å². The van der Waals surface area contributed by atoms with Gasteiger partial charge in [0.25, 0.3) is 0 Å². The summed E-state index contributed by atoms with van der Waals surface area (Å²) in [5.74, 6) is -0.344. The summed E-state index contributed by atoms with van der Waals surface area (Å²) in [6.45, 7) is 5.41. The van der Waals surface area contributed by atoms with E-state index in [9.17, 15) is 14.0 Å². The fraction of sp³-hybridized carbons (Fsp3) is 0.308. The Bertz CT molecular complexity index is 1030. The monoisotopic (exact) mass is 467 g/mol. The van der Waals surface area contributed by atoms with Crippen molar-refractivity contribution in [3.63, 3.8) is 0 Å². The van der Waals surface area contributed by atoms with Gasteiger partial charge in [0.2, 0.25) is 5.91 Å². The molecule has 0 aliphatic heterocycles. The fourth-order valence-corrected chi connectivity index (χ4v) is 4.10. The van der Waals surface area contributed by atoms with Crippen LogP contribution in [0.3, 0.4) is 0 Å². The first-order chi connectivity index (χ1) is 15.9. The molecule has 3 amide bonds. The van der Waals surface area contributed by atoms with Crippen LogP contribution < -0.4 is 5.32 Å². The number of carbonyl (C=O) groups is 2. The molecule has 0 radical (unpaired) electrons. The minimum absolute atomic E-state index is 0.0519. The average Bonchev–Trinajstić information content (AvgIpc) is 3.32. The van der Waals surface area contributed by atoms with Crippen molar-refractivity contribution in [1.82, 2.24) is 9.80 Å². The molecule has 0 aliphatic rings. The molecule has 33 heavy (non-hydrogen) atoms. The Kier molecular flexibility index (Phi) is 9.01. The molecule has 0 bridgehead atoms. The van der Waals surface area contributed by atoms with Crippen molar-refractivity contribution in [3.8, 4) is 0 Å². The van der Waals surface area contributed by atoms with Crippen LogP contribution in [0.15, 0.2) is 72.1 Å². The molecule has 174 valence electrons. The summed E-state index contributed by atoms with van der Waals surface area (Å²) in [6, 6.07) is 19.1. The van der Waals surface area contributed by atoms with Crippen molar-refractivity contribution in [2.45, 2.75) is 33.4 Å². The van der Waals surface area contributed by atoms with Gasteiger partial charge in [0, 0.05) is 23.7 Å². The molecule has 0 aliphatic carbocycles. The van der Waals surface area contributed by atoms with Gasteiger partial charge in [0.1, 0.15) is 12.4 Å². The third kappa shape index (κ3) is 7.71. The van der Waals surface area contributed by atoms with E-state index in [1.165, 1.54) is 23.1 Å². The Morgan fingerprint density at radius 3 is 2.45 bits per heavy atom.